The number of benzene rings is 1. The maximum Gasteiger partial charge on any atom is 0.311 e. The van der Waals surface area contributed by atoms with Crippen LogP contribution in [0.1, 0.15) is 29.9 Å². The van der Waals surface area contributed by atoms with Crippen molar-refractivity contribution in [3.8, 4) is 0 Å². The summed E-state index contributed by atoms with van der Waals surface area (Å²) >= 11 is 2.71. The second-order valence-electron chi connectivity index (χ2n) is 4.72. The summed E-state index contributed by atoms with van der Waals surface area (Å²) in [7, 11) is 0. The summed E-state index contributed by atoms with van der Waals surface area (Å²) in [6, 6.07) is 5.49. The predicted octanol–water partition coefficient (Wildman–Crippen LogP) is 3.75. The number of carbonyl (C=O) groups is 2. The Morgan fingerprint density at radius 1 is 1.35 bits per heavy atom. The molecule has 0 radical (unpaired) electrons. The van der Waals surface area contributed by atoms with Gasteiger partial charge in [-0.1, -0.05) is 11.8 Å². The lowest BCUT2D eigenvalue weighted by atomic mass is 10.1. The molecule has 0 bridgehead atoms. The van der Waals surface area contributed by atoms with E-state index < -0.39 is 0 Å². The van der Waals surface area contributed by atoms with E-state index in [1.807, 2.05) is 0 Å². The Balaban J connectivity index is 1.96. The minimum atomic E-state index is -0.370. The van der Waals surface area contributed by atoms with Crippen LogP contribution >= 0.6 is 23.1 Å². The highest BCUT2D eigenvalue weighted by Crippen LogP contribution is 2.29. The van der Waals surface area contributed by atoms with Crippen LogP contribution in [0.3, 0.4) is 0 Å². The number of hydrogen-bond acceptors (Lipinski definition) is 6. The topological polar surface area (TPSA) is 56.3 Å². The molecule has 0 saturated carbocycles. The van der Waals surface area contributed by atoms with Gasteiger partial charge in [-0.25, -0.2) is 9.37 Å². The van der Waals surface area contributed by atoms with Gasteiger partial charge in [-0.2, -0.15) is 0 Å². The lowest BCUT2D eigenvalue weighted by Crippen LogP contribution is -2.13. The van der Waals surface area contributed by atoms with E-state index in [9.17, 15) is 14.0 Å². The van der Waals surface area contributed by atoms with Gasteiger partial charge in [0.1, 0.15) is 5.82 Å². The fraction of sp³-hybridized carbons (Fsp3) is 0.312. The second-order valence-corrected chi connectivity index (χ2v) is 7.16. The Labute approximate surface area is 142 Å². The molecule has 1 aromatic heterocycles. The summed E-state index contributed by atoms with van der Waals surface area (Å²) in [5.41, 5.74) is 1.10. The Bertz CT molecular complexity index is 685. The lowest BCUT2D eigenvalue weighted by Gasteiger charge is -2.08. The molecule has 0 aliphatic heterocycles. The standard InChI is InChI=1S/C16H16FNO3S2/c1-3-21-14(19)8-13-9-22-16(18-13)23-10(2)15(20)11-4-6-12(17)7-5-11/h4-7,9-10H,3,8H2,1-2H3. The van der Waals surface area contributed by atoms with E-state index in [4.69, 9.17) is 4.74 Å². The van der Waals surface area contributed by atoms with Gasteiger partial charge in [0.25, 0.3) is 0 Å². The average Bonchev–Trinajstić information content (AvgIpc) is 2.94. The molecular formula is C16H16FNO3S2. The number of rotatable bonds is 7. The van der Waals surface area contributed by atoms with Gasteiger partial charge in [0.05, 0.1) is 24.0 Å². The summed E-state index contributed by atoms with van der Waals surface area (Å²) in [6.45, 7) is 3.87. The summed E-state index contributed by atoms with van der Waals surface area (Å²) in [5, 5.41) is 1.44. The molecule has 2 aromatic rings. The van der Waals surface area contributed by atoms with Crippen LogP contribution in [0.25, 0.3) is 0 Å². The molecule has 1 unspecified atom stereocenters. The first-order valence-electron chi connectivity index (χ1n) is 7.06. The minimum absolute atomic E-state index is 0.0860. The highest BCUT2D eigenvalue weighted by atomic mass is 32.2. The molecule has 23 heavy (non-hydrogen) atoms. The first-order valence-corrected chi connectivity index (χ1v) is 8.82. The van der Waals surface area contributed by atoms with Crippen LogP contribution < -0.4 is 0 Å². The van der Waals surface area contributed by atoms with E-state index in [1.165, 1.54) is 47.4 Å². The summed E-state index contributed by atoms with van der Waals surface area (Å²) in [4.78, 5) is 28.0. The van der Waals surface area contributed by atoms with Crippen LogP contribution in [0.15, 0.2) is 34.0 Å². The third kappa shape index (κ3) is 5.14. The van der Waals surface area contributed by atoms with Crippen molar-refractivity contribution in [3.63, 3.8) is 0 Å². The van der Waals surface area contributed by atoms with Crippen molar-refractivity contribution >= 4 is 34.9 Å². The molecule has 0 N–H and O–H groups in total. The van der Waals surface area contributed by atoms with Crippen LogP contribution in [0.4, 0.5) is 4.39 Å². The molecule has 1 atom stereocenters. The number of thiazole rings is 1. The average molecular weight is 353 g/mol. The van der Waals surface area contributed by atoms with Gasteiger partial charge in [-0.15, -0.1) is 11.3 Å². The number of nitrogens with zero attached hydrogens (tertiary/aromatic N) is 1. The van der Waals surface area contributed by atoms with Crippen molar-refractivity contribution in [3.05, 3.63) is 46.7 Å². The Morgan fingerprint density at radius 3 is 2.70 bits per heavy atom. The van der Waals surface area contributed by atoms with E-state index in [0.29, 0.717) is 22.2 Å². The largest absolute Gasteiger partial charge is 0.466 e. The molecule has 0 aliphatic rings. The molecule has 2 rings (SSSR count). The number of ether oxygens (including phenoxy) is 1. The number of thioether (sulfide) groups is 1. The fourth-order valence-corrected chi connectivity index (χ4v) is 3.90. The molecule has 0 spiro atoms. The molecule has 0 amide bonds. The normalized spacial score (nSPS) is 12.0. The number of hydrogen-bond donors (Lipinski definition) is 0. The Kier molecular flexibility index (Phi) is 6.29. The number of aromatic nitrogens is 1. The Morgan fingerprint density at radius 2 is 2.04 bits per heavy atom. The van der Waals surface area contributed by atoms with Gasteiger partial charge < -0.3 is 4.74 Å². The highest BCUT2D eigenvalue weighted by molar-refractivity contribution is 8.02. The van der Waals surface area contributed by atoms with Crippen LogP contribution in [0.2, 0.25) is 0 Å². The zero-order valence-corrected chi connectivity index (χ0v) is 14.4. The number of halogens is 1. The number of ketones is 1. The lowest BCUT2D eigenvalue weighted by molar-refractivity contribution is -0.142. The molecule has 7 heteroatoms. The van der Waals surface area contributed by atoms with Crippen molar-refractivity contribution < 1.29 is 18.7 Å². The molecule has 0 fully saturated rings. The minimum Gasteiger partial charge on any atom is -0.466 e. The number of Topliss-reactive ketones (excluding diaryl/α,β-unsaturated/α-hetero) is 1. The van der Waals surface area contributed by atoms with E-state index in [2.05, 4.69) is 4.98 Å². The maximum atomic E-state index is 12.9. The SMILES string of the molecule is CCOC(=O)Cc1csc(SC(C)C(=O)c2ccc(F)cc2)n1. The van der Waals surface area contributed by atoms with E-state index in [1.54, 1.807) is 19.2 Å². The predicted molar refractivity (Wildman–Crippen MR) is 88.5 cm³/mol. The fourth-order valence-electron chi connectivity index (χ4n) is 1.84. The zero-order chi connectivity index (χ0) is 16.8. The summed E-state index contributed by atoms with van der Waals surface area (Å²) < 4.78 is 18.5. The molecule has 0 saturated heterocycles. The first kappa shape index (κ1) is 17.6. The van der Waals surface area contributed by atoms with Gasteiger partial charge >= 0.3 is 5.97 Å². The summed E-state index contributed by atoms with van der Waals surface area (Å²) in [6.07, 6.45) is 0.130. The molecule has 1 heterocycles. The maximum absolute atomic E-state index is 12.9. The van der Waals surface area contributed by atoms with Gasteiger partial charge in [-0.05, 0) is 38.1 Å². The smallest absolute Gasteiger partial charge is 0.311 e. The molecule has 1 aromatic carbocycles. The van der Waals surface area contributed by atoms with Crippen molar-refractivity contribution in [2.24, 2.45) is 0 Å². The van der Waals surface area contributed by atoms with Gasteiger partial charge in [-0.3, -0.25) is 9.59 Å². The van der Waals surface area contributed by atoms with E-state index in [-0.39, 0.29) is 29.2 Å². The highest BCUT2D eigenvalue weighted by Gasteiger charge is 2.18. The third-order valence-corrected chi connectivity index (χ3v) is 5.06. The number of esters is 1. The third-order valence-electron chi connectivity index (χ3n) is 2.94. The van der Waals surface area contributed by atoms with Crippen molar-refractivity contribution in [2.75, 3.05) is 6.61 Å². The Hall–Kier alpha value is -1.73. The second kappa shape index (κ2) is 8.21. The van der Waals surface area contributed by atoms with Crippen LogP contribution in [0.5, 0.6) is 0 Å². The van der Waals surface area contributed by atoms with Crippen LogP contribution in [0, 0.1) is 5.82 Å². The quantitative estimate of drug-likeness (QED) is 0.431. The van der Waals surface area contributed by atoms with Crippen molar-refractivity contribution in [2.45, 2.75) is 29.9 Å². The van der Waals surface area contributed by atoms with E-state index in [0.717, 1.165) is 0 Å². The van der Waals surface area contributed by atoms with Crippen molar-refractivity contribution in [1.82, 2.24) is 4.98 Å². The molecule has 0 aliphatic carbocycles. The van der Waals surface area contributed by atoms with Gasteiger partial charge in [0, 0.05) is 10.9 Å². The molecular weight excluding hydrogens is 337 g/mol. The van der Waals surface area contributed by atoms with Crippen LogP contribution in [-0.4, -0.2) is 28.6 Å². The van der Waals surface area contributed by atoms with E-state index >= 15 is 0 Å². The molecule has 122 valence electrons. The number of carbonyl (C=O) groups excluding carboxylic acids is 2. The van der Waals surface area contributed by atoms with Gasteiger partial charge in [0.15, 0.2) is 10.1 Å². The summed E-state index contributed by atoms with van der Waals surface area (Å²) in [5.74, 6) is -0.771. The monoisotopic (exact) mass is 353 g/mol. The van der Waals surface area contributed by atoms with Crippen molar-refractivity contribution in [1.29, 1.82) is 0 Å². The van der Waals surface area contributed by atoms with Crippen LogP contribution in [-0.2, 0) is 16.0 Å². The zero-order valence-electron chi connectivity index (χ0n) is 12.7. The van der Waals surface area contributed by atoms with Gasteiger partial charge in [0.2, 0.25) is 0 Å². The molecule has 4 nitrogen and oxygen atoms in total. The first-order chi connectivity index (χ1) is 11.0.